The summed E-state index contributed by atoms with van der Waals surface area (Å²) in [6.45, 7) is 8.48. The molecule has 5 rings (SSSR count). The van der Waals surface area contributed by atoms with E-state index in [-0.39, 0.29) is 0 Å². The van der Waals surface area contributed by atoms with Crippen molar-refractivity contribution in [2.24, 2.45) is 0 Å². The highest BCUT2D eigenvalue weighted by atomic mass is 14.3. The predicted octanol–water partition coefficient (Wildman–Crippen LogP) is 6.68. The summed E-state index contributed by atoms with van der Waals surface area (Å²) in [4.78, 5) is 0. The SMILES string of the molecule is C=Cc1c2c(cc3ccccc13)-c1cc3ccccc3cc1C2=C. The lowest BCUT2D eigenvalue weighted by atomic mass is 9.93. The Morgan fingerprint density at radius 3 is 1.96 bits per heavy atom. The Morgan fingerprint density at radius 1 is 0.667 bits per heavy atom. The van der Waals surface area contributed by atoms with Crippen molar-refractivity contribution in [3.05, 3.63) is 96.6 Å². The van der Waals surface area contributed by atoms with E-state index in [0.717, 1.165) is 5.57 Å². The lowest BCUT2D eigenvalue weighted by Gasteiger charge is -2.10. The van der Waals surface area contributed by atoms with Gasteiger partial charge in [-0.2, -0.15) is 0 Å². The molecule has 0 atom stereocenters. The van der Waals surface area contributed by atoms with Crippen LogP contribution in [0.3, 0.4) is 0 Å². The summed E-state index contributed by atoms with van der Waals surface area (Å²) in [7, 11) is 0. The molecule has 0 bridgehead atoms. The topological polar surface area (TPSA) is 0 Å². The largest absolute Gasteiger partial charge is 0.0984 e. The van der Waals surface area contributed by atoms with Gasteiger partial charge >= 0.3 is 0 Å². The Balaban J connectivity index is 1.95. The molecule has 0 N–H and O–H groups in total. The van der Waals surface area contributed by atoms with Crippen LogP contribution in [0.2, 0.25) is 0 Å². The second-order valence-corrected chi connectivity index (χ2v) is 6.36. The van der Waals surface area contributed by atoms with E-state index < -0.39 is 0 Å². The molecule has 4 aromatic rings. The Bertz CT molecular complexity index is 1180. The zero-order valence-corrected chi connectivity index (χ0v) is 13.3. The van der Waals surface area contributed by atoms with Crippen LogP contribution in [0, 0.1) is 0 Å². The van der Waals surface area contributed by atoms with Crippen molar-refractivity contribution in [1.82, 2.24) is 0 Å². The van der Waals surface area contributed by atoms with Crippen LogP contribution in [0.4, 0.5) is 0 Å². The molecule has 0 spiro atoms. The zero-order chi connectivity index (χ0) is 16.3. The average Bonchev–Trinajstić information content (AvgIpc) is 2.90. The van der Waals surface area contributed by atoms with Crippen LogP contribution >= 0.6 is 0 Å². The van der Waals surface area contributed by atoms with Gasteiger partial charge in [0.1, 0.15) is 0 Å². The number of hydrogen-bond donors (Lipinski definition) is 0. The number of benzene rings is 4. The first-order chi connectivity index (χ1) is 11.8. The van der Waals surface area contributed by atoms with Gasteiger partial charge in [-0.1, -0.05) is 67.8 Å². The molecule has 0 heteroatoms. The third-order valence-electron chi connectivity index (χ3n) is 5.10. The van der Waals surface area contributed by atoms with E-state index in [1.54, 1.807) is 0 Å². The summed E-state index contributed by atoms with van der Waals surface area (Å²) in [6, 6.07) is 23.9. The molecule has 1 aliphatic rings. The summed E-state index contributed by atoms with van der Waals surface area (Å²) >= 11 is 0. The van der Waals surface area contributed by atoms with Crippen LogP contribution in [0.15, 0.2) is 79.9 Å². The van der Waals surface area contributed by atoms with Crippen molar-refractivity contribution >= 4 is 33.2 Å². The van der Waals surface area contributed by atoms with Gasteiger partial charge in [0.2, 0.25) is 0 Å². The summed E-state index contributed by atoms with van der Waals surface area (Å²) < 4.78 is 0. The molecule has 112 valence electrons. The summed E-state index contributed by atoms with van der Waals surface area (Å²) in [6.07, 6.45) is 1.97. The Morgan fingerprint density at radius 2 is 1.25 bits per heavy atom. The molecule has 0 amide bonds. The molecule has 0 unspecified atom stereocenters. The van der Waals surface area contributed by atoms with Crippen molar-refractivity contribution < 1.29 is 0 Å². The maximum atomic E-state index is 4.41. The van der Waals surface area contributed by atoms with Gasteiger partial charge in [-0.05, 0) is 73.1 Å². The minimum Gasteiger partial charge on any atom is -0.0984 e. The van der Waals surface area contributed by atoms with E-state index in [1.165, 1.54) is 49.4 Å². The molecule has 24 heavy (non-hydrogen) atoms. The van der Waals surface area contributed by atoms with Crippen LogP contribution in [-0.2, 0) is 0 Å². The molecule has 0 fully saturated rings. The average molecular weight is 304 g/mol. The lowest BCUT2D eigenvalue weighted by molar-refractivity contribution is 1.67. The van der Waals surface area contributed by atoms with Crippen LogP contribution in [0.1, 0.15) is 16.7 Å². The molecular formula is C24H16. The lowest BCUT2D eigenvalue weighted by Crippen LogP contribution is -1.88. The fourth-order valence-electron chi connectivity index (χ4n) is 3.97. The van der Waals surface area contributed by atoms with Crippen LogP contribution in [0.25, 0.3) is 44.3 Å². The minimum absolute atomic E-state index is 1.10. The fourth-order valence-corrected chi connectivity index (χ4v) is 3.97. The van der Waals surface area contributed by atoms with Crippen molar-refractivity contribution in [3.8, 4) is 11.1 Å². The van der Waals surface area contributed by atoms with Gasteiger partial charge in [0, 0.05) is 0 Å². The van der Waals surface area contributed by atoms with E-state index in [0.29, 0.717) is 0 Å². The molecule has 0 saturated carbocycles. The molecule has 0 nitrogen and oxygen atoms in total. The molecule has 1 aliphatic carbocycles. The second kappa shape index (κ2) is 4.69. The highest BCUT2D eigenvalue weighted by Crippen LogP contribution is 2.48. The van der Waals surface area contributed by atoms with Gasteiger partial charge in [-0.25, -0.2) is 0 Å². The van der Waals surface area contributed by atoms with E-state index in [1.807, 2.05) is 6.08 Å². The predicted molar refractivity (Wildman–Crippen MR) is 105 cm³/mol. The maximum absolute atomic E-state index is 4.41. The van der Waals surface area contributed by atoms with Crippen LogP contribution in [0.5, 0.6) is 0 Å². The first kappa shape index (κ1) is 13.3. The third-order valence-corrected chi connectivity index (χ3v) is 5.10. The van der Waals surface area contributed by atoms with Crippen LogP contribution < -0.4 is 0 Å². The first-order valence-electron chi connectivity index (χ1n) is 8.19. The van der Waals surface area contributed by atoms with Gasteiger partial charge in [-0.15, -0.1) is 0 Å². The van der Waals surface area contributed by atoms with Gasteiger partial charge < -0.3 is 0 Å². The summed E-state index contributed by atoms with van der Waals surface area (Å²) in [5.41, 5.74) is 7.31. The van der Waals surface area contributed by atoms with E-state index in [2.05, 4.69) is 79.9 Å². The molecule has 0 radical (unpaired) electrons. The number of rotatable bonds is 1. The minimum atomic E-state index is 1.10. The normalized spacial score (nSPS) is 12.4. The van der Waals surface area contributed by atoms with Gasteiger partial charge in [0.05, 0.1) is 0 Å². The van der Waals surface area contributed by atoms with Gasteiger partial charge in [0.25, 0.3) is 0 Å². The van der Waals surface area contributed by atoms with E-state index in [9.17, 15) is 0 Å². The Labute approximate surface area is 141 Å². The van der Waals surface area contributed by atoms with Crippen molar-refractivity contribution in [3.63, 3.8) is 0 Å². The third kappa shape index (κ3) is 1.63. The fraction of sp³-hybridized carbons (Fsp3) is 0. The molecular weight excluding hydrogens is 288 g/mol. The van der Waals surface area contributed by atoms with Crippen molar-refractivity contribution in [2.75, 3.05) is 0 Å². The number of hydrogen-bond acceptors (Lipinski definition) is 0. The van der Waals surface area contributed by atoms with E-state index in [4.69, 9.17) is 0 Å². The summed E-state index contributed by atoms with van der Waals surface area (Å²) in [5, 5.41) is 5.02. The standard InChI is InChI=1S/C24H16/c1-3-19-20-11-7-6-10-18(20)14-23-22-13-17-9-5-4-8-16(17)12-21(22)15(2)24(19)23/h3-14H,1-2H2. The van der Waals surface area contributed by atoms with E-state index >= 15 is 0 Å². The quantitative estimate of drug-likeness (QED) is 0.324. The van der Waals surface area contributed by atoms with Crippen LogP contribution in [-0.4, -0.2) is 0 Å². The molecule has 0 aromatic heterocycles. The Kier molecular flexibility index (Phi) is 2.60. The molecule has 0 aliphatic heterocycles. The first-order valence-corrected chi connectivity index (χ1v) is 8.19. The highest BCUT2D eigenvalue weighted by Gasteiger charge is 2.25. The van der Waals surface area contributed by atoms with Gasteiger partial charge in [0.15, 0.2) is 0 Å². The zero-order valence-electron chi connectivity index (χ0n) is 13.3. The number of fused-ring (bicyclic) bond motifs is 5. The Hall–Kier alpha value is -3.12. The summed E-state index contributed by atoms with van der Waals surface area (Å²) in [5.74, 6) is 0. The molecule has 0 saturated heterocycles. The highest BCUT2D eigenvalue weighted by molar-refractivity contribution is 6.12. The van der Waals surface area contributed by atoms with Crippen molar-refractivity contribution in [1.29, 1.82) is 0 Å². The molecule has 4 aromatic carbocycles. The monoisotopic (exact) mass is 304 g/mol. The van der Waals surface area contributed by atoms with Gasteiger partial charge in [-0.3, -0.25) is 0 Å². The maximum Gasteiger partial charge on any atom is -0.00261 e. The van der Waals surface area contributed by atoms with Crippen molar-refractivity contribution in [2.45, 2.75) is 0 Å². The molecule has 0 heterocycles. The second-order valence-electron chi connectivity index (χ2n) is 6.36. The smallest absolute Gasteiger partial charge is 0.00261 e.